The highest BCUT2D eigenvalue weighted by Crippen LogP contribution is 2.76. The Morgan fingerprint density at radius 3 is 0.632 bits per heavy atom. The highest BCUT2D eigenvalue weighted by molar-refractivity contribution is 5.76. The van der Waals surface area contributed by atoms with E-state index < -0.39 is 0 Å². The van der Waals surface area contributed by atoms with E-state index in [0.717, 1.165) is 97.7 Å². The maximum Gasteiger partial charge on any atom is 0.219 e. The number of amides is 2. The van der Waals surface area contributed by atoms with Crippen molar-refractivity contribution >= 4 is 11.8 Å². The third kappa shape index (κ3) is 68.8. The van der Waals surface area contributed by atoms with Gasteiger partial charge in [-0.25, -0.2) is 0 Å². The zero-order valence-corrected chi connectivity index (χ0v) is 51.1. The third-order valence-electron chi connectivity index (χ3n) is 16.3. The summed E-state index contributed by atoms with van der Waals surface area (Å²) in [5, 5.41) is 18.6. The molecule has 4 aliphatic carbocycles. The first-order chi connectivity index (χ1) is 36.9. The maximum absolute atomic E-state index is 11.7. The molecule has 0 heterocycles. The second kappa shape index (κ2) is 93.3. The minimum absolute atomic E-state index is 0. The van der Waals surface area contributed by atoms with E-state index in [1.165, 1.54) is 203 Å². The zero-order chi connectivity index (χ0) is 54.9. The van der Waals surface area contributed by atoms with E-state index in [0.29, 0.717) is 12.8 Å². The molecule has 4 rings (SSSR count). The van der Waals surface area contributed by atoms with Crippen LogP contribution < -0.4 is 31.9 Å². The van der Waals surface area contributed by atoms with Crippen LogP contribution in [-0.2, 0) is 28.5 Å². The maximum atomic E-state index is 11.7. The average Bonchev–Trinajstić information content (AvgIpc) is 3.40. The summed E-state index contributed by atoms with van der Waals surface area (Å²) < 4.78 is 19.9. The van der Waals surface area contributed by atoms with Gasteiger partial charge in [0.15, 0.2) is 0 Å². The Bertz CT molecular complexity index is 1110. The smallest absolute Gasteiger partial charge is 0.219 e. The molecule has 0 aromatic heterocycles. The first kappa shape index (κ1) is 116. The van der Waals surface area contributed by atoms with E-state index in [4.69, 9.17) is 18.9 Å². The molecular weight excluding hydrogens is 1080 g/mol. The Labute approximate surface area is 554 Å². The van der Waals surface area contributed by atoms with Gasteiger partial charge in [0.2, 0.25) is 11.8 Å². The lowest BCUT2D eigenvalue weighted by Gasteiger charge is -2.77. The molecule has 4 unspecified atom stereocenters. The van der Waals surface area contributed by atoms with Crippen LogP contribution in [0, 0.1) is 35.5 Å². The molecule has 0 radical (unpaired) electrons. The second-order valence-electron chi connectivity index (χ2n) is 22.5. The lowest BCUT2D eigenvalue weighted by molar-refractivity contribution is -0.286. The third-order valence-corrected chi connectivity index (χ3v) is 16.3. The van der Waals surface area contributed by atoms with Gasteiger partial charge in [-0.05, 0) is 193 Å². The Morgan fingerprint density at radius 2 is 0.437 bits per heavy atom. The zero-order valence-electron chi connectivity index (χ0n) is 51.1. The quantitative estimate of drug-likeness (QED) is 0.0326. The van der Waals surface area contributed by atoms with Crippen molar-refractivity contribution in [1.82, 2.24) is 31.9 Å². The predicted octanol–water partition coefficient (Wildman–Crippen LogP) is 20.4. The van der Waals surface area contributed by atoms with Crippen LogP contribution in [0.2, 0.25) is 0 Å². The molecule has 4 fully saturated rings. The van der Waals surface area contributed by atoms with Gasteiger partial charge >= 0.3 is 0 Å². The molecule has 0 saturated heterocycles. The molecule has 4 atom stereocenters. The fourth-order valence-corrected chi connectivity index (χ4v) is 11.5. The molecule has 0 spiro atoms. The molecule has 4 aliphatic rings. The number of carbonyl (C=O) groups is 2. The lowest BCUT2D eigenvalue weighted by Crippen LogP contribution is -2.71. The molecule has 0 bridgehead atoms. The van der Waals surface area contributed by atoms with Crippen molar-refractivity contribution in [3.05, 3.63) is 0 Å². The number of hydrogen-bond donors (Lipinski definition) is 6. The van der Waals surface area contributed by atoms with Crippen LogP contribution in [0.1, 0.15) is 327 Å². The summed E-state index contributed by atoms with van der Waals surface area (Å²) in [6.07, 6.45) is 46.4. The summed E-state index contributed by atoms with van der Waals surface area (Å²) in [6.45, 7) is 9.72. The molecule has 12 nitrogen and oxygen atoms in total. The molecular formula is C75H178N6O6. The Morgan fingerprint density at radius 1 is 0.264 bits per heavy atom. The molecule has 544 valence electrons. The van der Waals surface area contributed by atoms with Crippen LogP contribution in [-0.4, -0.2) is 134 Å². The molecule has 6 N–H and O–H groups in total. The minimum Gasteiger partial charge on any atom is -0.385 e. The van der Waals surface area contributed by atoms with E-state index in [2.05, 4.69) is 31.9 Å². The molecule has 0 aromatic carbocycles. The Hall–Kier alpha value is -1.38. The first-order valence-corrected chi connectivity index (χ1v) is 32.0. The van der Waals surface area contributed by atoms with E-state index in [1.807, 2.05) is 28.2 Å². The summed E-state index contributed by atoms with van der Waals surface area (Å²) in [5.74, 6) is 8.00. The number of methoxy groups -OCH3 is 4. The molecule has 0 aromatic rings. The Kier molecular flexibility index (Phi) is 125. The molecule has 87 heavy (non-hydrogen) atoms. The van der Waals surface area contributed by atoms with Gasteiger partial charge in [-0.2, -0.15) is 0 Å². The molecule has 2 amide bonds. The normalized spacial score (nSPS) is 16.5. The van der Waals surface area contributed by atoms with Crippen molar-refractivity contribution in [3.63, 3.8) is 0 Å². The van der Waals surface area contributed by atoms with Crippen LogP contribution in [0.3, 0.4) is 0 Å². The number of hydrogen-bond acceptors (Lipinski definition) is 10. The van der Waals surface area contributed by atoms with Crippen molar-refractivity contribution in [2.45, 2.75) is 327 Å². The van der Waals surface area contributed by atoms with E-state index in [1.54, 1.807) is 54.1 Å². The van der Waals surface area contributed by atoms with Crippen LogP contribution in [0.25, 0.3) is 0 Å². The largest absolute Gasteiger partial charge is 0.385 e. The van der Waals surface area contributed by atoms with Crippen LogP contribution in [0.15, 0.2) is 0 Å². The predicted molar refractivity (Wildman–Crippen MR) is 402 cm³/mol. The molecule has 12 heteroatoms. The minimum atomic E-state index is 0. The van der Waals surface area contributed by atoms with Crippen LogP contribution in [0.5, 0.6) is 0 Å². The van der Waals surface area contributed by atoms with Gasteiger partial charge in [-0.15, -0.1) is 0 Å². The summed E-state index contributed by atoms with van der Waals surface area (Å²) in [5.41, 5.74) is 0. The topological polar surface area (TPSA) is 143 Å². The highest BCUT2D eigenvalue weighted by Gasteiger charge is 2.70. The number of nitrogens with one attached hydrogen (secondary N) is 6. The Balaban J connectivity index is -0.0000000706. The van der Waals surface area contributed by atoms with Crippen molar-refractivity contribution < 1.29 is 28.5 Å². The average molecular weight is 1260 g/mol. The van der Waals surface area contributed by atoms with Gasteiger partial charge in [0.05, 0.1) is 0 Å². The number of ether oxygens (including phenoxy) is 4. The van der Waals surface area contributed by atoms with E-state index in [-0.39, 0.29) is 101 Å². The summed E-state index contributed by atoms with van der Waals surface area (Å²) in [4.78, 5) is 23.1. The SMILES string of the molecule is C.C.C.C.C.C.C.C.C.C.C.C.C1CC2C1C1C3CCC3C21.CNCCCCCCCCCCCOC.CNCCCCCCNC(=O)CCCCCCCCCOC.CNCCCCCCNC(=O)CCCCCOC.CNCCCCCCOC. The van der Waals surface area contributed by atoms with Gasteiger partial charge < -0.3 is 50.8 Å². The monoisotopic (exact) mass is 1260 g/mol. The summed E-state index contributed by atoms with van der Waals surface area (Å²) in [7, 11) is 15.0. The van der Waals surface area contributed by atoms with Crippen molar-refractivity contribution in [1.29, 1.82) is 0 Å². The molecule has 0 aliphatic heterocycles. The van der Waals surface area contributed by atoms with Gasteiger partial charge in [-0.1, -0.05) is 211 Å². The first-order valence-electron chi connectivity index (χ1n) is 32.0. The number of fused-ring (bicyclic) bond motifs is 7. The number of carbonyl (C=O) groups excluding carboxylic acids is 2. The number of rotatable bonds is 49. The van der Waals surface area contributed by atoms with E-state index >= 15 is 0 Å². The fourth-order valence-electron chi connectivity index (χ4n) is 11.5. The van der Waals surface area contributed by atoms with Gasteiger partial charge in [0.25, 0.3) is 0 Å². The van der Waals surface area contributed by atoms with Gasteiger partial charge in [0, 0.05) is 80.8 Å². The second-order valence-corrected chi connectivity index (χ2v) is 22.5. The van der Waals surface area contributed by atoms with Crippen LogP contribution >= 0.6 is 0 Å². The van der Waals surface area contributed by atoms with Crippen molar-refractivity contribution in [2.75, 3.05) is 122 Å². The summed E-state index contributed by atoms with van der Waals surface area (Å²) >= 11 is 0. The fraction of sp³-hybridized carbons (Fsp3) is 0.973. The van der Waals surface area contributed by atoms with Gasteiger partial charge in [0.1, 0.15) is 0 Å². The van der Waals surface area contributed by atoms with E-state index in [9.17, 15) is 9.59 Å². The lowest BCUT2D eigenvalue weighted by atomic mass is 9.28. The van der Waals surface area contributed by atoms with Crippen LogP contribution in [0.4, 0.5) is 0 Å². The standard InChI is InChI=1S/C18H38N2O2.C14H30N2O2.C13H29NO.C10H14.C8H19NO.12CH4/c1-19-15-11-7-8-12-16-20-18(21)14-10-6-4-3-5-9-13-17-22-2;1-15-11-7-3-4-8-12-16-14(17)10-6-5-9-13-18-2;1-14-12-10-8-6-4-3-5-7-9-11-13-15-2;1-2-6-5(1)9-7-3-4-8(7)10(6)9;1-9-7-5-3-4-6-8-10-2;;;;;;;;;;;;/h19H,3-17H2,1-2H3,(H,20,21);15H,3-13H2,1-2H3,(H,16,17);14H,3-13H2,1-2H3;5-10H,1-4H2;9H,3-8H2,1-2H3;12*1H4. The summed E-state index contributed by atoms with van der Waals surface area (Å²) in [6, 6.07) is 0. The van der Waals surface area contributed by atoms with Gasteiger partial charge in [-0.3, -0.25) is 9.59 Å². The van der Waals surface area contributed by atoms with Crippen molar-refractivity contribution in [3.8, 4) is 0 Å². The molecule has 4 saturated carbocycles. The highest BCUT2D eigenvalue weighted by atomic mass is 16.5. The number of unbranched alkanes of at least 4 members (excludes halogenated alkanes) is 25. The van der Waals surface area contributed by atoms with Crippen molar-refractivity contribution in [2.24, 2.45) is 35.5 Å².